The average Bonchev–Trinajstić information content (AvgIpc) is 2.49. The van der Waals surface area contributed by atoms with Crippen LogP contribution in [-0.4, -0.2) is 28.1 Å². The minimum Gasteiger partial charge on any atom is -0.355 e. The molecule has 0 N–H and O–H groups in total. The number of hydrogen-bond acceptors (Lipinski definition) is 7. The van der Waals surface area contributed by atoms with Crippen molar-refractivity contribution in [2.45, 2.75) is 0 Å². The maximum absolute atomic E-state index is 11.5. The van der Waals surface area contributed by atoms with E-state index in [0.717, 1.165) is 0 Å². The van der Waals surface area contributed by atoms with Crippen LogP contribution in [0.15, 0.2) is 48.8 Å². The van der Waals surface area contributed by atoms with Crippen molar-refractivity contribution in [2.75, 3.05) is 0 Å². The summed E-state index contributed by atoms with van der Waals surface area (Å²) in [5.41, 5.74) is -0.149. The lowest BCUT2D eigenvalue weighted by molar-refractivity contribution is 0.0331. The Morgan fingerprint density at radius 1 is 0.750 bits per heavy atom. The van der Waals surface area contributed by atoms with Gasteiger partial charge in [0.1, 0.15) is 11.4 Å². The molecule has 0 atom stereocenters. The molecule has 20 heavy (non-hydrogen) atoms. The fourth-order valence-electron chi connectivity index (χ4n) is 1.24. The van der Waals surface area contributed by atoms with Gasteiger partial charge in [0.2, 0.25) is 0 Å². The van der Waals surface area contributed by atoms with E-state index in [2.05, 4.69) is 19.4 Å². The summed E-state index contributed by atoms with van der Waals surface area (Å²) in [5.74, 6) is -2.02. The lowest BCUT2D eigenvalue weighted by atomic mass is 10.3. The van der Waals surface area contributed by atoms with Crippen LogP contribution in [0, 0.1) is 0 Å². The van der Waals surface area contributed by atoms with Gasteiger partial charge in [0.15, 0.2) is 0 Å². The summed E-state index contributed by atoms with van der Waals surface area (Å²) in [7, 11) is 0. The lowest BCUT2D eigenvalue weighted by Crippen LogP contribution is -2.19. The van der Waals surface area contributed by atoms with Gasteiger partial charge in [-0.2, -0.15) is 0 Å². The SMILES string of the molecule is O=C(OC(=O)c1ccccn1)OC(=O)c1ccccn1. The Labute approximate surface area is 113 Å². The first-order valence-electron chi connectivity index (χ1n) is 5.47. The number of ether oxygens (including phenoxy) is 2. The van der Waals surface area contributed by atoms with E-state index in [1.54, 1.807) is 24.3 Å². The molecule has 0 aliphatic carbocycles. The van der Waals surface area contributed by atoms with Crippen LogP contribution in [0.4, 0.5) is 4.79 Å². The Morgan fingerprint density at radius 2 is 1.20 bits per heavy atom. The predicted molar refractivity (Wildman–Crippen MR) is 64.7 cm³/mol. The number of pyridine rings is 2. The van der Waals surface area contributed by atoms with Crippen molar-refractivity contribution in [3.8, 4) is 0 Å². The molecule has 100 valence electrons. The molecule has 0 bridgehead atoms. The van der Waals surface area contributed by atoms with Gasteiger partial charge in [0.25, 0.3) is 0 Å². The maximum Gasteiger partial charge on any atom is 0.524 e. The molecule has 0 unspecified atom stereocenters. The van der Waals surface area contributed by atoms with Gasteiger partial charge >= 0.3 is 18.1 Å². The lowest BCUT2D eigenvalue weighted by Gasteiger charge is -2.02. The molecule has 7 heteroatoms. The van der Waals surface area contributed by atoms with Crippen molar-refractivity contribution in [3.63, 3.8) is 0 Å². The highest BCUT2D eigenvalue weighted by atomic mass is 16.8. The fourth-order valence-corrected chi connectivity index (χ4v) is 1.24. The molecule has 2 aromatic heterocycles. The fraction of sp³-hybridized carbons (Fsp3) is 0. The van der Waals surface area contributed by atoms with E-state index in [1.807, 2.05) is 0 Å². The molecule has 2 rings (SSSR count). The van der Waals surface area contributed by atoms with Crippen LogP contribution in [0.25, 0.3) is 0 Å². The monoisotopic (exact) mass is 272 g/mol. The number of aromatic nitrogens is 2. The Bertz CT molecular complexity index is 572. The highest BCUT2D eigenvalue weighted by molar-refractivity contribution is 5.98. The van der Waals surface area contributed by atoms with Gasteiger partial charge < -0.3 is 9.47 Å². The molecule has 0 aliphatic rings. The summed E-state index contributed by atoms with van der Waals surface area (Å²) in [6.07, 6.45) is 1.29. The maximum atomic E-state index is 11.5. The Hall–Kier alpha value is -3.09. The Kier molecular flexibility index (Phi) is 4.13. The Morgan fingerprint density at radius 3 is 1.55 bits per heavy atom. The number of rotatable bonds is 2. The van der Waals surface area contributed by atoms with E-state index in [0.29, 0.717) is 0 Å². The van der Waals surface area contributed by atoms with Crippen molar-refractivity contribution in [1.29, 1.82) is 0 Å². The molecule has 0 radical (unpaired) electrons. The molecule has 0 spiro atoms. The summed E-state index contributed by atoms with van der Waals surface area (Å²) < 4.78 is 8.63. The number of carbonyl (C=O) groups is 3. The van der Waals surface area contributed by atoms with Gasteiger partial charge in [-0.1, -0.05) is 12.1 Å². The minimum atomic E-state index is -1.43. The third kappa shape index (κ3) is 3.45. The van der Waals surface area contributed by atoms with E-state index < -0.39 is 18.1 Å². The quantitative estimate of drug-likeness (QED) is 0.605. The first-order chi connectivity index (χ1) is 9.66. The minimum absolute atomic E-state index is 0.0743. The van der Waals surface area contributed by atoms with E-state index >= 15 is 0 Å². The van der Waals surface area contributed by atoms with Crippen LogP contribution in [0.1, 0.15) is 21.0 Å². The average molecular weight is 272 g/mol. The van der Waals surface area contributed by atoms with Crippen molar-refractivity contribution in [1.82, 2.24) is 9.97 Å². The van der Waals surface area contributed by atoms with Crippen LogP contribution in [0.2, 0.25) is 0 Å². The highest BCUT2D eigenvalue weighted by Gasteiger charge is 2.19. The van der Waals surface area contributed by atoms with Crippen LogP contribution < -0.4 is 0 Å². The first kappa shape index (κ1) is 13.3. The number of nitrogens with zero attached hydrogens (tertiary/aromatic N) is 2. The second-order valence-corrected chi connectivity index (χ2v) is 3.46. The molecule has 0 aliphatic heterocycles. The van der Waals surface area contributed by atoms with Crippen molar-refractivity contribution in [2.24, 2.45) is 0 Å². The third-order valence-corrected chi connectivity index (χ3v) is 2.10. The largest absolute Gasteiger partial charge is 0.524 e. The molecular formula is C13H8N2O5. The van der Waals surface area contributed by atoms with Crippen LogP contribution in [0.3, 0.4) is 0 Å². The normalized spacial score (nSPS) is 9.60. The summed E-state index contributed by atoms with van der Waals surface area (Å²) in [4.78, 5) is 41.6. The first-order valence-corrected chi connectivity index (χ1v) is 5.47. The zero-order valence-electron chi connectivity index (χ0n) is 10.1. The Balaban J connectivity index is 1.93. The summed E-state index contributed by atoms with van der Waals surface area (Å²) in [6.45, 7) is 0. The van der Waals surface area contributed by atoms with Gasteiger partial charge in [0, 0.05) is 12.4 Å². The van der Waals surface area contributed by atoms with Crippen molar-refractivity contribution in [3.05, 3.63) is 60.2 Å². The standard InChI is InChI=1S/C13H8N2O5/c16-11(9-5-1-3-7-14-9)19-13(18)20-12(17)10-6-2-4-8-15-10/h1-8H. The summed E-state index contributed by atoms with van der Waals surface area (Å²) in [6, 6.07) is 9.01. The summed E-state index contributed by atoms with van der Waals surface area (Å²) in [5, 5.41) is 0. The number of hydrogen-bond donors (Lipinski definition) is 0. The zero-order valence-corrected chi connectivity index (χ0v) is 10.1. The molecule has 7 nitrogen and oxygen atoms in total. The molecule has 2 aromatic rings. The van der Waals surface area contributed by atoms with Crippen LogP contribution in [-0.2, 0) is 9.47 Å². The predicted octanol–water partition coefficient (Wildman–Crippen LogP) is 1.61. The van der Waals surface area contributed by atoms with Crippen molar-refractivity contribution < 1.29 is 23.9 Å². The van der Waals surface area contributed by atoms with E-state index in [9.17, 15) is 14.4 Å². The van der Waals surface area contributed by atoms with E-state index in [4.69, 9.17) is 0 Å². The van der Waals surface area contributed by atoms with E-state index in [1.165, 1.54) is 24.5 Å². The second-order valence-electron chi connectivity index (χ2n) is 3.46. The molecule has 0 aromatic carbocycles. The van der Waals surface area contributed by atoms with E-state index in [-0.39, 0.29) is 11.4 Å². The smallest absolute Gasteiger partial charge is 0.355 e. The van der Waals surface area contributed by atoms with Gasteiger partial charge in [-0.15, -0.1) is 0 Å². The van der Waals surface area contributed by atoms with Gasteiger partial charge in [-0.25, -0.2) is 24.4 Å². The molecule has 0 saturated heterocycles. The van der Waals surface area contributed by atoms with Gasteiger partial charge in [-0.3, -0.25) is 0 Å². The van der Waals surface area contributed by atoms with Crippen LogP contribution in [0.5, 0.6) is 0 Å². The molecule has 0 fully saturated rings. The van der Waals surface area contributed by atoms with Crippen molar-refractivity contribution >= 4 is 18.1 Å². The third-order valence-electron chi connectivity index (χ3n) is 2.10. The molecular weight excluding hydrogens is 264 g/mol. The van der Waals surface area contributed by atoms with Gasteiger partial charge in [0.05, 0.1) is 0 Å². The molecule has 0 saturated carbocycles. The van der Waals surface area contributed by atoms with Gasteiger partial charge in [-0.05, 0) is 24.3 Å². The highest BCUT2D eigenvalue weighted by Crippen LogP contribution is 2.01. The zero-order chi connectivity index (χ0) is 14.4. The number of carbonyl (C=O) groups excluding carboxylic acids is 3. The second kappa shape index (κ2) is 6.19. The molecule has 0 amide bonds. The molecule has 2 heterocycles. The topological polar surface area (TPSA) is 95.5 Å². The summed E-state index contributed by atoms with van der Waals surface area (Å²) >= 11 is 0. The van der Waals surface area contributed by atoms with Crippen LogP contribution >= 0.6 is 0 Å². The number of esters is 2.